The van der Waals surface area contributed by atoms with Gasteiger partial charge in [0, 0.05) is 10.5 Å². The van der Waals surface area contributed by atoms with Crippen LogP contribution in [0.4, 0.5) is 5.82 Å². The molecule has 1 aliphatic rings. The lowest BCUT2D eigenvalue weighted by atomic mass is 10.2. The summed E-state index contributed by atoms with van der Waals surface area (Å²) in [7, 11) is 0. The summed E-state index contributed by atoms with van der Waals surface area (Å²) in [5.74, 6) is 1.55. The summed E-state index contributed by atoms with van der Waals surface area (Å²) in [6.07, 6.45) is 0.941. The normalized spacial score (nSPS) is 15.5. The van der Waals surface area contributed by atoms with Crippen molar-refractivity contribution in [3.63, 3.8) is 0 Å². The second-order valence-corrected chi connectivity index (χ2v) is 6.67. The molecule has 132 valence electrons. The molecule has 0 unspecified atom stereocenters. The number of anilines is 1. The molecule has 0 fully saturated rings. The van der Waals surface area contributed by atoms with E-state index in [4.69, 9.17) is 9.47 Å². The highest BCUT2D eigenvalue weighted by Crippen LogP contribution is 2.31. The standard InChI is InChI=1S/C19H16BrN3O3/c20-14-6-2-1-5-13(14)11-23-18(9-10-21-23)22-19(24)17-12-25-15-7-3-4-8-16(15)26-17/h1-10,17H,11-12H2,(H,22,24)/t17-/m1/s1. The van der Waals surface area contributed by atoms with Gasteiger partial charge < -0.3 is 14.8 Å². The van der Waals surface area contributed by atoms with Crippen molar-refractivity contribution >= 4 is 27.7 Å². The Morgan fingerprint density at radius 3 is 2.77 bits per heavy atom. The summed E-state index contributed by atoms with van der Waals surface area (Å²) in [5.41, 5.74) is 1.07. The highest BCUT2D eigenvalue weighted by molar-refractivity contribution is 9.10. The van der Waals surface area contributed by atoms with Crippen molar-refractivity contribution in [3.8, 4) is 11.5 Å². The van der Waals surface area contributed by atoms with E-state index in [2.05, 4.69) is 26.3 Å². The number of halogens is 1. The summed E-state index contributed by atoms with van der Waals surface area (Å²) in [4.78, 5) is 12.6. The highest BCUT2D eigenvalue weighted by Gasteiger charge is 2.27. The first-order chi connectivity index (χ1) is 12.7. The molecule has 4 rings (SSSR count). The van der Waals surface area contributed by atoms with Gasteiger partial charge in [-0.05, 0) is 23.8 Å². The van der Waals surface area contributed by atoms with E-state index in [0.717, 1.165) is 10.0 Å². The number of ether oxygens (including phenoxy) is 2. The van der Waals surface area contributed by atoms with Crippen LogP contribution in [0.1, 0.15) is 5.56 Å². The van der Waals surface area contributed by atoms with E-state index in [1.165, 1.54) is 0 Å². The summed E-state index contributed by atoms with van der Waals surface area (Å²) < 4.78 is 14.1. The average molecular weight is 414 g/mol. The molecule has 7 heteroatoms. The molecule has 26 heavy (non-hydrogen) atoms. The summed E-state index contributed by atoms with van der Waals surface area (Å²) in [5, 5.41) is 7.17. The van der Waals surface area contributed by atoms with Crippen LogP contribution in [0.25, 0.3) is 0 Å². The average Bonchev–Trinajstić information content (AvgIpc) is 3.10. The third-order valence-corrected chi connectivity index (χ3v) is 4.82. The largest absolute Gasteiger partial charge is 0.485 e. The predicted molar refractivity (Wildman–Crippen MR) is 100 cm³/mol. The molecule has 0 bridgehead atoms. The molecule has 1 aliphatic heterocycles. The second kappa shape index (κ2) is 7.21. The third-order valence-electron chi connectivity index (χ3n) is 4.05. The highest BCUT2D eigenvalue weighted by atomic mass is 79.9. The van der Waals surface area contributed by atoms with Crippen LogP contribution in [0.2, 0.25) is 0 Å². The van der Waals surface area contributed by atoms with Crippen LogP contribution in [0.15, 0.2) is 65.3 Å². The Balaban J connectivity index is 1.46. The first-order valence-corrected chi connectivity index (χ1v) is 8.94. The van der Waals surface area contributed by atoms with Gasteiger partial charge in [-0.1, -0.05) is 46.3 Å². The van der Waals surface area contributed by atoms with Crippen molar-refractivity contribution < 1.29 is 14.3 Å². The topological polar surface area (TPSA) is 65.4 Å². The number of fused-ring (bicyclic) bond motifs is 1. The minimum Gasteiger partial charge on any atom is -0.485 e. The Morgan fingerprint density at radius 1 is 1.15 bits per heavy atom. The van der Waals surface area contributed by atoms with Crippen LogP contribution in [-0.4, -0.2) is 28.4 Å². The Bertz CT molecular complexity index is 941. The van der Waals surface area contributed by atoms with Gasteiger partial charge in [-0.15, -0.1) is 0 Å². The number of rotatable bonds is 4. The molecule has 6 nitrogen and oxygen atoms in total. The predicted octanol–water partition coefficient (Wildman–Crippen LogP) is 3.47. The second-order valence-electron chi connectivity index (χ2n) is 5.82. The fourth-order valence-electron chi connectivity index (χ4n) is 2.71. The number of carbonyl (C=O) groups excluding carboxylic acids is 1. The SMILES string of the molecule is O=C(Nc1ccnn1Cc1ccccc1Br)[C@H]1COc2ccccc2O1. The lowest BCUT2D eigenvalue weighted by Gasteiger charge is -2.25. The van der Waals surface area contributed by atoms with Gasteiger partial charge >= 0.3 is 0 Å². The molecular weight excluding hydrogens is 398 g/mol. The first kappa shape index (κ1) is 16.7. The quantitative estimate of drug-likeness (QED) is 0.710. The van der Waals surface area contributed by atoms with Crippen LogP contribution >= 0.6 is 15.9 Å². The number of nitrogens with one attached hydrogen (secondary N) is 1. The van der Waals surface area contributed by atoms with Crippen molar-refractivity contribution in [2.45, 2.75) is 12.6 Å². The van der Waals surface area contributed by atoms with Crippen molar-refractivity contribution in [1.29, 1.82) is 0 Å². The van der Waals surface area contributed by atoms with Crippen molar-refractivity contribution in [3.05, 3.63) is 70.8 Å². The zero-order valence-corrected chi connectivity index (χ0v) is 15.3. The number of hydrogen-bond donors (Lipinski definition) is 1. The van der Waals surface area contributed by atoms with Gasteiger partial charge in [-0.25, -0.2) is 4.68 Å². The van der Waals surface area contributed by atoms with E-state index in [1.807, 2.05) is 42.5 Å². The van der Waals surface area contributed by atoms with Gasteiger partial charge in [-0.2, -0.15) is 5.10 Å². The molecule has 1 N–H and O–H groups in total. The Labute approximate surface area is 158 Å². The molecule has 1 atom stereocenters. The number of carbonyl (C=O) groups is 1. The van der Waals surface area contributed by atoms with E-state index in [-0.39, 0.29) is 12.5 Å². The number of amides is 1. The maximum atomic E-state index is 12.6. The molecule has 0 saturated heterocycles. The van der Waals surface area contributed by atoms with Crippen LogP contribution < -0.4 is 14.8 Å². The zero-order valence-electron chi connectivity index (χ0n) is 13.8. The number of para-hydroxylation sites is 2. The van der Waals surface area contributed by atoms with E-state index in [0.29, 0.717) is 23.9 Å². The lowest BCUT2D eigenvalue weighted by molar-refractivity contribution is -0.125. The Hall–Kier alpha value is -2.80. The van der Waals surface area contributed by atoms with Gasteiger partial charge in [0.15, 0.2) is 11.5 Å². The van der Waals surface area contributed by atoms with Crippen LogP contribution in [-0.2, 0) is 11.3 Å². The van der Waals surface area contributed by atoms with Crippen LogP contribution in [0.3, 0.4) is 0 Å². The number of benzene rings is 2. The Morgan fingerprint density at radius 2 is 1.92 bits per heavy atom. The van der Waals surface area contributed by atoms with E-state index in [9.17, 15) is 4.79 Å². The minimum absolute atomic E-state index is 0.168. The molecule has 1 amide bonds. The van der Waals surface area contributed by atoms with Crippen molar-refractivity contribution in [2.75, 3.05) is 11.9 Å². The minimum atomic E-state index is -0.711. The molecule has 2 aromatic carbocycles. The molecule has 2 heterocycles. The van der Waals surface area contributed by atoms with Crippen LogP contribution in [0, 0.1) is 0 Å². The van der Waals surface area contributed by atoms with E-state index in [1.54, 1.807) is 23.0 Å². The maximum absolute atomic E-state index is 12.6. The van der Waals surface area contributed by atoms with Gasteiger partial charge in [0.25, 0.3) is 5.91 Å². The number of hydrogen-bond acceptors (Lipinski definition) is 4. The third kappa shape index (κ3) is 3.43. The van der Waals surface area contributed by atoms with Crippen molar-refractivity contribution in [2.24, 2.45) is 0 Å². The molecule has 0 spiro atoms. The van der Waals surface area contributed by atoms with Gasteiger partial charge in [-0.3, -0.25) is 4.79 Å². The summed E-state index contributed by atoms with van der Waals surface area (Å²) in [6, 6.07) is 17.0. The maximum Gasteiger partial charge on any atom is 0.270 e. The monoisotopic (exact) mass is 413 g/mol. The molecular formula is C19H16BrN3O3. The fourth-order valence-corrected chi connectivity index (χ4v) is 3.12. The molecule has 0 aliphatic carbocycles. The fraction of sp³-hybridized carbons (Fsp3) is 0.158. The Kier molecular flexibility index (Phi) is 4.62. The molecule has 0 radical (unpaired) electrons. The lowest BCUT2D eigenvalue weighted by Crippen LogP contribution is -2.40. The van der Waals surface area contributed by atoms with Crippen molar-refractivity contribution in [1.82, 2.24) is 9.78 Å². The van der Waals surface area contributed by atoms with Crippen LogP contribution in [0.5, 0.6) is 11.5 Å². The molecule has 0 saturated carbocycles. The summed E-state index contributed by atoms with van der Waals surface area (Å²) >= 11 is 3.53. The molecule has 3 aromatic rings. The van der Waals surface area contributed by atoms with Gasteiger partial charge in [0.05, 0.1) is 12.7 Å². The van der Waals surface area contributed by atoms with E-state index >= 15 is 0 Å². The van der Waals surface area contributed by atoms with E-state index < -0.39 is 6.10 Å². The zero-order chi connectivity index (χ0) is 17.9. The number of nitrogens with zero attached hydrogens (tertiary/aromatic N) is 2. The number of aromatic nitrogens is 2. The summed E-state index contributed by atoms with van der Waals surface area (Å²) in [6.45, 7) is 0.704. The van der Waals surface area contributed by atoms with Gasteiger partial charge in [0.1, 0.15) is 12.4 Å². The smallest absolute Gasteiger partial charge is 0.270 e. The first-order valence-electron chi connectivity index (χ1n) is 8.15. The van der Waals surface area contributed by atoms with Gasteiger partial charge in [0.2, 0.25) is 6.10 Å². The molecule has 1 aromatic heterocycles.